The Kier molecular flexibility index (Phi) is 10.3. The lowest BCUT2D eigenvalue weighted by Gasteiger charge is -2.28. The van der Waals surface area contributed by atoms with Gasteiger partial charge in [0.15, 0.2) is 0 Å². The SMILES string of the molecule is CCO[Si](CCCNCc1cccc(CN)c1)(OCC)OCC. The molecule has 0 spiro atoms. The summed E-state index contributed by atoms with van der Waals surface area (Å²) in [6.07, 6.45) is 0.975. The number of hydrogen-bond donors (Lipinski definition) is 2. The zero-order valence-electron chi connectivity index (χ0n) is 14.8. The largest absolute Gasteiger partial charge is 0.500 e. The van der Waals surface area contributed by atoms with Gasteiger partial charge in [-0.2, -0.15) is 0 Å². The molecule has 0 unspecified atom stereocenters. The topological polar surface area (TPSA) is 65.7 Å². The molecule has 5 nitrogen and oxygen atoms in total. The van der Waals surface area contributed by atoms with E-state index in [1.54, 1.807) is 0 Å². The molecule has 0 aliphatic carbocycles. The molecule has 1 aromatic carbocycles. The summed E-state index contributed by atoms with van der Waals surface area (Å²) in [5, 5.41) is 3.47. The maximum atomic E-state index is 5.86. The highest BCUT2D eigenvalue weighted by atomic mass is 28.4. The molecule has 0 aromatic heterocycles. The van der Waals surface area contributed by atoms with Crippen molar-refractivity contribution in [2.24, 2.45) is 5.73 Å². The predicted octanol–water partition coefficient (Wildman–Crippen LogP) is 2.67. The highest BCUT2D eigenvalue weighted by molar-refractivity contribution is 6.60. The standard InChI is InChI=1S/C17H32N2O3Si/c1-4-20-23(21-5-2,22-6-3)12-8-11-19-15-17-10-7-9-16(13-17)14-18/h7,9-10,13,19H,4-6,8,11-12,14-15,18H2,1-3H3. The highest BCUT2D eigenvalue weighted by Crippen LogP contribution is 2.17. The first-order valence-corrected chi connectivity index (χ1v) is 10.5. The van der Waals surface area contributed by atoms with E-state index in [0.717, 1.165) is 25.6 Å². The van der Waals surface area contributed by atoms with Gasteiger partial charge in [-0.05, 0) is 44.9 Å². The lowest BCUT2D eigenvalue weighted by atomic mass is 10.1. The van der Waals surface area contributed by atoms with E-state index in [1.807, 2.05) is 20.8 Å². The minimum atomic E-state index is -2.50. The molecule has 1 aromatic rings. The molecule has 132 valence electrons. The van der Waals surface area contributed by atoms with Crippen LogP contribution in [-0.2, 0) is 26.4 Å². The van der Waals surface area contributed by atoms with Crippen molar-refractivity contribution in [3.05, 3.63) is 35.4 Å². The fourth-order valence-electron chi connectivity index (χ4n) is 2.53. The Bertz CT molecular complexity index is 415. The number of nitrogens with one attached hydrogen (secondary N) is 1. The molecule has 0 amide bonds. The van der Waals surface area contributed by atoms with E-state index in [1.165, 1.54) is 11.1 Å². The van der Waals surface area contributed by atoms with E-state index >= 15 is 0 Å². The fourth-order valence-corrected chi connectivity index (χ4v) is 5.14. The van der Waals surface area contributed by atoms with Gasteiger partial charge in [-0.15, -0.1) is 0 Å². The van der Waals surface area contributed by atoms with Gasteiger partial charge >= 0.3 is 8.80 Å². The van der Waals surface area contributed by atoms with Crippen LogP contribution in [-0.4, -0.2) is 35.2 Å². The molecular formula is C17H32N2O3Si. The lowest BCUT2D eigenvalue weighted by molar-refractivity contribution is 0.0708. The Morgan fingerprint density at radius 2 is 1.61 bits per heavy atom. The molecule has 0 aliphatic rings. The fraction of sp³-hybridized carbons (Fsp3) is 0.647. The summed E-state index contributed by atoms with van der Waals surface area (Å²) in [6, 6.07) is 9.21. The van der Waals surface area contributed by atoms with Gasteiger partial charge in [0.05, 0.1) is 0 Å². The smallest absolute Gasteiger partial charge is 0.374 e. The van der Waals surface area contributed by atoms with Crippen molar-refractivity contribution in [1.29, 1.82) is 0 Å². The molecule has 3 N–H and O–H groups in total. The van der Waals surface area contributed by atoms with Crippen molar-refractivity contribution < 1.29 is 13.3 Å². The Balaban J connectivity index is 2.37. The minimum absolute atomic E-state index is 0.582. The molecule has 0 atom stereocenters. The molecule has 0 bridgehead atoms. The molecule has 0 heterocycles. The van der Waals surface area contributed by atoms with Crippen molar-refractivity contribution in [1.82, 2.24) is 5.32 Å². The lowest BCUT2D eigenvalue weighted by Crippen LogP contribution is -2.46. The number of rotatable bonds is 13. The van der Waals surface area contributed by atoms with Crippen LogP contribution in [0.3, 0.4) is 0 Å². The molecule has 23 heavy (non-hydrogen) atoms. The Labute approximate surface area is 141 Å². The van der Waals surface area contributed by atoms with Gasteiger partial charge in [-0.25, -0.2) is 0 Å². The Hall–Kier alpha value is -0.763. The van der Waals surface area contributed by atoms with Gasteiger partial charge in [-0.3, -0.25) is 0 Å². The van der Waals surface area contributed by atoms with E-state index in [4.69, 9.17) is 19.0 Å². The third kappa shape index (κ3) is 7.56. The molecule has 0 saturated heterocycles. The van der Waals surface area contributed by atoms with Crippen LogP contribution in [0.25, 0.3) is 0 Å². The van der Waals surface area contributed by atoms with Crippen LogP contribution in [0.15, 0.2) is 24.3 Å². The summed E-state index contributed by atoms with van der Waals surface area (Å²) >= 11 is 0. The predicted molar refractivity (Wildman–Crippen MR) is 96.1 cm³/mol. The molecule has 0 radical (unpaired) electrons. The van der Waals surface area contributed by atoms with Crippen LogP contribution in [0.4, 0.5) is 0 Å². The van der Waals surface area contributed by atoms with Gasteiger partial charge in [0.2, 0.25) is 0 Å². The van der Waals surface area contributed by atoms with Crippen LogP contribution in [0.1, 0.15) is 38.3 Å². The van der Waals surface area contributed by atoms with Crippen LogP contribution < -0.4 is 11.1 Å². The van der Waals surface area contributed by atoms with Crippen LogP contribution >= 0.6 is 0 Å². The second-order valence-corrected chi connectivity index (χ2v) is 8.02. The van der Waals surface area contributed by atoms with Crippen LogP contribution in [0.5, 0.6) is 0 Å². The first-order valence-electron chi connectivity index (χ1n) is 8.60. The third-order valence-electron chi connectivity index (χ3n) is 3.49. The van der Waals surface area contributed by atoms with Crippen molar-refractivity contribution in [3.63, 3.8) is 0 Å². The summed E-state index contributed by atoms with van der Waals surface area (Å²) in [6.45, 7) is 10.2. The zero-order valence-corrected chi connectivity index (χ0v) is 15.8. The summed E-state index contributed by atoms with van der Waals surface area (Å²) in [5.41, 5.74) is 8.10. The van der Waals surface area contributed by atoms with E-state index in [2.05, 4.69) is 29.6 Å². The zero-order chi connectivity index (χ0) is 17.0. The van der Waals surface area contributed by atoms with Gasteiger partial charge in [-0.1, -0.05) is 24.3 Å². The molecule has 0 aliphatic heterocycles. The maximum Gasteiger partial charge on any atom is 0.500 e. The van der Waals surface area contributed by atoms with Crippen LogP contribution in [0.2, 0.25) is 6.04 Å². The Morgan fingerprint density at radius 3 is 2.17 bits per heavy atom. The van der Waals surface area contributed by atoms with Crippen LogP contribution in [0, 0.1) is 0 Å². The number of hydrogen-bond acceptors (Lipinski definition) is 5. The summed E-state index contributed by atoms with van der Waals surface area (Å²) in [5.74, 6) is 0. The third-order valence-corrected chi connectivity index (χ3v) is 6.64. The van der Waals surface area contributed by atoms with E-state index < -0.39 is 8.80 Å². The first-order chi connectivity index (χ1) is 11.2. The minimum Gasteiger partial charge on any atom is -0.374 e. The van der Waals surface area contributed by atoms with Crippen molar-refractivity contribution >= 4 is 8.80 Å². The Morgan fingerprint density at radius 1 is 1.00 bits per heavy atom. The van der Waals surface area contributed by atoms with Gasteiger partial charge in [0, 0.05) is 39.0 Å². The molecule has 0 fully saturated rings. The number of benzene rings is 1. The van der Waals surface area contributed by atoms with E-state index in [9.17, 15) is 0 Å². The summed E-state index contributed by atoms with van der Waals surface area (Å²) in [4.78, 5) is 0. The van der Waals surface area contributed by atoms with Crippen molar-refractivity contribution in [2.75, 3.05) is 26.4 Å². The quantitative estimate of drug-likeness (QED) is 0.427. The van der Waals surface area contributed by atoms with E-state index in [0.29, 0.717) is 26.4 Å². The van der Waals surface area contributed by atoms with Gasteiger partial charge in [0.1, 0.15) is 0 Å². The van der Waals surface area contributed by atoms with Gasteiger partial charge in [0.25, 0.3) is 0 Å². The highest BCUT2D eigenvalue weighted by Gasteiger charge is 2.39. The first kappa shape index (κ1) is 20.3. The van der Waals surface area contributed by atoms with Crippen molar-refractivity contribution in [3.8, 4) is 0 Å². The maximum absolute atomic E-state index is 5.86. The second-order valence-electron chi connectivity index (χ2n) is 5.29. The normalized spacial score (nSPS) is 11.8. The number of nitrogens with two attached hydrogens (primary N) is 1. The monoisotopic (exact) mass is 340 g/mol. The molecular weight excluding hydrogens is 308 g/mol. The summed E-state index contributed by atoms with van der Waals surface area (Å²) < 4.78 is 17.6. The van der Waals surface area contributed by atoms with E-state index in [-0.39, 0.29) is 0 Å². The van der Waals surface area contributed by atoms with Crippen molar-refractivity contribution in [2.45, 2.75) is 46.3 Å². The average molecular weight is 341 g/mol. The molecule has 6 heteroatoms. The molecule has 0 saturated carbocycles. The second kappa shape index (κ2) is 11.7. The molecule has 1 rings (SSSR count). The summed E-state index contributed by atoms with van der Waals surface area (Å²) in [7, 11) is -2.50. The van der Waals surface area contributed by atoms with Gasteiger partial charge < -0.3 is 24.3 Å². The average Bonchev–Trinajstić information content (AvgIpc) is 2.55.